The number of hydrogen-bond acceptors (Lipinski definition) is 2. The molecule has 0 unspecified atom stereocenters. The number of methoxy groups -OCH3 is 1. The van der Waals surface area contributed by atoms with Gasteiger partial charge in [0.05, 0.1) is 7.11 Å². The summed E-state index contributed by atoms with van der Waals surface area (Å²) in [7, 11) is 1.44. The molecule has 0 saturated carbocycles. The Morgan fingerprint density at radius 3 is 1.86 bits per heavy atom. The van der Waals surface area contributed by atoms with E-state index < -0.39 is 0 Å². The second-order valence-corrected chi connectivity index (χ2v) is 5.20. The molecule has 0 fully saturated rings. The lowest BCUT2D eigenvalue weighted by molar-refractivity contribution is -0.140. The number of ether oxygens (including phenoxy) is 1. The number of unbranched alkanes of at least 4 members (excludes halogenated alkanes) is 5. The summed E-state index contributed by atoms with van der Waals surface area (Å²) in [5, 5.41) is 0. The van der Waals surface area contributed by atoms with Crippen LogP contribution in [-0.4, -0.2) is 13.1 Å². The number of carbonyl (C=O) groups is 1. The van der Waals surface area contributed by atoms with Gasteiger partial charge in [-0.3, -0.25) is 4.79 Å². The van der Waals surface area contributed by atoms with Crippen LogP contribution in [0.25, 0.3) is 0 Å². The second kappa shape index (κ2) is 16.7. The number of esters is 1. The molecule has 0 aliphatic heterocycles. The van der Waals surface area contributed by atoms with Crippen molar-refractivity contribution < 1.29 is 9.53 Å². The quantitative estimate of drug-likeness (QED) is 0.245. The molecule has 0 atom stereocenters. The lowest BCUT2D eigenvalue weighted by Crippen LogP contribution is -1.98. The van der Waals surface area contributed by atoms with Crippen LogP contribution in [0, 0.1) is 0 Å². The fourth-order valence-electron chi connectivity index (χ4n) is 1.92. The maximum Gasteiger partial charge on any atom is 0.305 e. The zero-order chi connectivity index (χ0) is 15.6. The Kier molecular flexibility index (Phi) is 15.7. The summed E-state index contributed by atoms with van der Waals surface area (Å²) in [5.74, 6) is -0.107. The van der Waals surface area contributed by atoms with Crippen molar-refractivity contribution in [1.82, 2.24) is 0 Å². The Morgan fingerprint density at radius 1 is 0.810 bits per heavy atom. The maximum absolute atomic E-state index is 10.9. The van der Waals surface area contributed by atoms with Crippen LogP contribution in [-0.2, 0) is 9.53 Å². The molecular formula is C19H32O2. The topological polar surface area (TPSA) is 26.3 Å². The van der Waals surface area contributed by atoms with Gasteiger partial charge in [0.15, 0.2) is 0 Å². The molecule has 0 aromatic carbocycles. The van der Waals surface area contributed by atoms with Gasteiger partial charge in [-0.05, 0) is 44.9 Å². The van der Waals surface area contributed by atoms with Crippen molar-refractivity contribution in [1.29, 1.82) is 0 Å². The van der Waals surface area contributed by atoms with Crippen molar-refractivity contribution in [3.63, 3.8) is 0 Å². The van der Waals surface area contributed by atoms with E-state index in [4.69, 9.17) is 0 Å². The van der Waals surface area contributed by atoms with E-state index in [0.717, 1.165) is 32.1 Å². The molecule has 0 amide bonds. The van der Waals surface area contributed by atoms with Gasteiger partial charge in [0.25, 0.3) is 0 Å². The van der Waals surface area contributed by atoms with Gasteiger partial charge >= 0.3 is 5.97 Å². The van der Waals surface area contributed by atoms with Crippen LogP contribution in [0.5, 0.6) is 0 Å². The third kappa shape index (κ3) is 16.6. The first-order valence-electron chi connectivity index (χ1n) is 8.33. The lowest BCUT2D eigenvalue weighted by atomic mass is 10.2. The second-order valence-electron chi connectivity index (χ2n) is 5.20. The van der Waals surface area contributed by atoms with Crippen molar-refractivity contribution >= 4 is 5.97 Å². The first-order chi connectivity index (χ1) is 10.3. The average Bonchev–Trinajstić information content (AvgIpc) is 2.50. The highest BCUT2D eigenvalue weighted by Crippen LogP contribution is 2.03. The third-order valence-corrected chi connectivity index (χ3v) is 3.25. The molecule has 21 heavy (non-hydrogen) atoms. The monoisotopic (exact) mass is 292 g/mol. The zero-order valence-electron chi connectivity index (χ0n) is 13.9. The van der Waals surface area contributed by atoms with Crippen molar-refractivity contribution in [3.05, 3.63) is 36.5 Å². The molecule has 0 aliphatic carbocycles. The molecule has 2 nitrogen and oxygen atoms in total. The molecule has 0 saturated heterocycles. The van der Waals surface area contributed by atoms with Crippen molar-refractivity contribution in [2.24, 2.45) is 0 Å². The van der Waals surface area contributed by atoms with E-state index in [-0.39, 0.29) is 5.97 Å². The minimum Gasteiger partial charge on any atom is -0.469 e. The highest BCUT2D eigenvalue weighted by molar-refractivity contribution is 5.68. The van der Waals surface area contributed by atoms with E-state index in [1.165, 1.54) is 32.8 Å². The van der Waals surface area contributed by atoms with E-state index in [9.17, 15) is 4.79 Å². The highest BCUT2D eigenvalue weighted by atomic mass is 16.5. The number of hydrogen-bond donors (Lipinski definition) is 0. The number of allylic oxidation sites excluding steroid dienone is 6. The lowest BCUT2D eigenvalue weighted by Gasteiger charge is -1.96. The molecular weight excluding hydrogens is 260 g/mol. The Balaban J connectivity index is 3.34. The van der Waals surface area contributed by atoms with E-state index >= 15 is 0 Å². The fourth-order valence-corrected chi connectivity index (χ4v) is 1.92. The molecule has 0 spiro atoms. The molecule has 0 aromatic rings. The van der Waals surface area contributed by atoms with Gasteiger partial charge in [0.2, 0.25) is 0 Å². The fraction of sp³-hybridized carbons (Fsp3) is 0.632. The van der Waals surface area contributed by atoms with Crippen LogP contribution < -0.4 is 0 Å². The smallest absolute Gasteiger partial charge is 0.305 e. The van der Waals surface area contributed by atoms with E-state index in [2.05, 4.69) is 48.1 Å². The standard InChI is InChI=1S/C19H32O2/c1-3-4-5-6-7-8-9-10-11-12-13-14-15-16-17-18-19(20)21-2/h7-8,10-11,13-14H,3-6,9,12,15-18H2,1-2H3/b8-7?,11-10?,14-13-. The molecule has 0 radical (unpaired) electrons. The largest absolute Gasteiger partial charge is 0.469 e. The SMILES string of the molecule is CCCCCC=CCC=CC/C=C\CCCCC(=O)OC. The highest BCUT2D eigenvalue weighted by Gasteiger charge is 1.97. The van der Waals surface area contributed by atoms with E-state index in [1.807, 2.05) is 0 Å². The van der Waals surface area contributed by atoms with Crippen LogP contribution in [0.15, 0.2) is 36.5 Å². The minimum atomic E-state index is -0.107. The number of rotatable bonds is 13. The first kappa shape index (κ1) is 19.7. The van der Waals surface area contributed by atoms with Gasteiger partial charge in [0.1, 0.15) is 0 Å². The van der Waals surface area contributed by atoms with E-state index in [0.29, 0.717) is 6.42 Å². The summed E-state index contributed by atoms with van der Waals surface area (Å²) in [6, 6.07) is 0. The van der Waals surface area contributed by atoms with Gasteiger partial charge in [-0.2, -0.15) is 0 Å². The zero-order valence-corrected chi connectivity index (χ0v) is 13.9. The minimum absolute atomic E-state index is 0.107. The van der Waals surface area contributed by atoms with Gasteiger partial charge < -0.3 is 4.74 Å². The van der Waals surface area contributed by atoms with Crippen LogP contribution in [0.1, 0.15) is 71.1 Å². The molecule has 0 heterocycles. The van der Waals surface area contributed by atoms with Gasteiger partial charge in [-0.1, -0.05) is 56.2 Å². The van der Waals surface area contributed by atoms with Gasteiger partial charge in [-0.25, -0.2) is 0 Å². The number of carbonyl (C=O) groups excluding carboxylic acids is 1. The Morgan fingerprint density at radius 2 is 1.33 bits per heavy atom. The predicted molar refractivity (Wildman–Crippen MR) is 91.3 cm³/mol. The first-order valence-corrected chi connectivity index (χ1v) is 8.33. The summed E-state index contributed by atoms with van der Waals surface area (Å²) in [6.45, 7) is 2.24. The molecule has 120 valence electrons. The molecule has 0 aliphatic rings. The molecule has 0 N–H and O–H groups in total. The van der Waals surface area contributed by atoms with Crippen molar-refractivity contribution in [2.75, 3.05) is 7.11 Å². The van der Waals surface area contributed by atoms with Gasteiger partial charge in [-0.15, -0.1) is 0 Å². The summed E-state index contributed by atoms with van der Waals surface area (Å²) in [6.07, 6.45) is 24.1. The summed E-state index contributed by atoms with van der Waals surface area (Å²) in [4.78, 5) is 10.9. The molecule has 0 aromatic heterocycles. The average molecular weight is 292 g/mol. The Labute approximate surface area is 131 Å². The third-order valence-electron chi connectivity index (χ3n) is 3.25. The van der Waals surface area contributed by atoms with Crippen LogP contribution in [0.4, 0.5) is 0 Å². The van der Waals surface area contributed by atoms with Crippen LogP contribution in [0.3, 0.4) is 0 Å². The van der Waals surface area contributed by atoms with Crippen molar-refractivity contribution in [3.8, 4) is 0 Å². The summed E-state index contributed by atoms with van der Waals surface area (Å²) >= 11 is 0. The molecule has 0 rings (SSSR count). The van der Waals surface area contributed by atoms with E-state index in [1.54, 1.807) is 0 Å². The molecule has 2 heteroatoms. The Bertz CT molecular complexity index is 314. The van der Waals surface area contributed by atoms with Crippen molar-refractivity contribution in [2.45, 2.75) is 71.1 Å². The normalized spacial score (nSPS) is 11.9. The van der Waals surface area contributed by atoms with Crippen LogP contribution in [0.2, 0.25) is 0 Å². The molecule has 0 bridgehead atoms. The Hall–Kier alpha value is -1.31. The predicted octanol–water partition coefficient (Wildman–Crippen LogP) is 5.75. The van der Waals surface area contributed by atoms with Gasteiger partial charge in [0, 0.05) is 6.42 Å². The summed E-state index contributed by atoms with van der Waals surface area (Å²) in [5.41, 5.74) is 0. The van der Waals surface area contributed by atoms with Crippen LogP contribution >= 0.6 is 0 Å². The summed E-state index contributed by atoms with van der Waals surface area (Å²) < 4.78 is 4.60. The maximum atomic E-state index is 10.9.